The Balaban J connectivity index is 0.000000163. The summed E-state index contributed by atoms with van der Waals surface area (Å²) in [7, 11) is 0.234. The molecule has 64 heavy (non-hydrogen) atoms. The van der Waals surface area contributed by atoms with Gasteiger partial charge in [0.05, 0.1) is 28.5 Å². The fraction of sp³-hybridized carbons (Fsp3) is 0.265. The highest BCUT2D eigenvalue weighted by Crippen LogP contribution is 2.52. The van der Waals surface area contributed by atoms with Crippen molar-refractivity contribution in [2.75, 3.05) is 44.6 Å². The first-order valence-corrected chi connectivity index (χ1v) is 22.9. The number of hydrogen-bond acceptors (Lipinski definition) is 11. The van der Waals surface area contributed by atoms with Crippen LogP contribution in [0.2, 0.25) is 0 Å². The van der Waals surface area contributed by atoms with Gasteiger partial charge in [-0.1, -0.05) is 72.8 Å². The average molecular weight is 881 g/mol. The Hall–Kier alpha value is -6.81. The Morgan fingerprint density at radius 2 is 1.05 bits per heavy atom. The van der Waals surface area contributed by atoms with Crippen LogP contribution in [0.15, 0.2) is 121 Å². The van der Waals surface area contributed by atoms with Crippen molar-refractivity contribution in [1.82, 2.24) is 19.6 Å². The number of amides is 2. The maximum absolute atomic E-state index is 13.2. The molecular weight excluding hydrogens is 833 g/mol. The van der Waals surface area contributed by atoms with Crippen molar-refractivity contribution < 1.29 is 37.0 Å². The summed E-state index contributed by atoms with van der Waals surface area (Å²) in [5.74, 6) is 3.72. The molecule has 4 aliphatic rings. The van der Waals surface area contributed by atoms with E-state index in [1.807, 2.05) is 98.0 Å². The van der Waals surface area contributed by atoms with Crippen LogP contribution in [0.25, 0.3) is 22.5 Å². The summed E-state index contributed by atoms with van der Waals surface area (Å²) < 4.78 is 46.3. The summed E-state index contributed by atoms with van der Waals surface area (Å²) in [6.07, 6.45) is 4.34. The first-order chi connectivity index (χ1) is 30.9. The molecule has 2 amide bonds. The molecular formula is C49H48N6O8S. The second-order valence-electron chi connectivity index (χ2n) is 16.5. The summed E-state index contributed by atoms with van der Waals surface area (Å²) >= 11 is 0. The number of carbonyl (C=O) groups excluding carboxylic acids is 2. The Bertz CT molecular complexity index is 2830. The minimum absolute atomic E-state index is 0.0321. The molecule has 0 saturated heterocycles. The highest BCUT2D eigenvalue weighted by atomic mass is 32.2. The number of benzene rings is 4. The Morgan fingerprint density at radius 3 is 1.47 bits per heavy atom. The van der Waals surface area contributed by atoms with Gasteiger partial charge in [-0.2, -0.15) is 0 Å². The van der Waals surface area contributed by atoms with E-state index < -0.39 is 20.9 Å². The molecule has 14 nitrogen and oxygen atoms in total. The van der Waals surface area contributed by atoms with E-state index >= 15 is 0 Å². The van der Waals surface area contributed by atoms with E-state index in [1.54, 1.807) is 13.1 Å². The molecule has 2 aliphatic carbocycles. The van der Waals surface area contributed by atoms with E-state index in [1.165, 1.54) is 16.1 Å². The summed E-state index contributed by atoms with van der Waals surface area (Å²) in [4.78, 5) is 35.6. The molecule has 0 radical (unpaired) electrons. The highest BCUT2D eigenvalue weighted by molar-refractivity contribution is 7.88. The standard InChI is InChI=1S/C25H25N3O5S.C24H23N3O3/c1-28(34(2,30)31)15-17-6-8-18(9-7-17)20-4-3-5-23(26-20)27-24(29)25(12-13-25)19-10-11-21-22(14-19)33-16-32-21;1-25-14-16-5-7-17(8-6-16)19-3-2-4-22(26-19)27-23(28)24(11-12-24)18-9-10-20-21(13-18)30-15-29-20/h3-11,14H,12-13,15-16H2,1-2H3,(H,26,27,29);2-10,13,25H,11-12,14-15H2,1H3,(H,26,27,28). The van der Waals surface area contributed by atoms with E-state index in [0.717, 1.165) is 71.5 Å². The fourth-order valence-electron chi connectivity index (χ4n) is 7.89. The molecule has 3 N–H and O–H groups in total. The molecule has 2 aromatic heterocycles. The van der Waals surface area contributed by atoms with Crippen molar-refractivity contribution in [2.24, 2.45) is 0 Å². The lowest BCUT2D eigenvalue weighted by Gasteiger charge is -2.16. The van der Waals surface area contributed by atoms with Crippen LogP contribution in [0.1, 0.15) is 47.9 Å². The normalized spacial score (nSPS) is 15.8. The number of nitrogens with zero attached hydrogens (tertiary/aromatic N) is 3. The summed E-state index contributed by atoms with van der Waals surface area (Å²) in [5, 5.41) is 9.14. The van der Waals surface area contributed by atoms with E-state index in [4.69, 9.17) is 18.9 Å². The molecule has 0 spiro atoms. The molecule has 0 bridgehead atoms. The van der Waals surface area contributed by atoms with Crippen molar-refractivity contribution in [3.8, 4) is 45.5 Å². The summed E-state index contributed by atoms with van der Waals surface area (Å²) in [6.45, 7) is 1.55. The van der Waals surface area contributed by atoms with Crippen LogP contribution in [0.3, 0.4) is 0 Å². The maximum Gasteiger partial charge on any atom is 0.236 e. The van der Waals surface area contributed by atoms with E-state index in [-0.39, 0.29) is 25.4 Å². The van der Waals surface area contributed by atoms with E-state index in [9.17, 15) is 18.0 Å². The van der Waals surface area contributed by atoms with Gasteiger partial charge in [-0.15, -0.1) is 0 Å². The zero-order valence-corrected chi connectivity index (χ0v) is 36.5. The SMILES string of the molecule is CN(Cc1ccc(-c2cccc(NC(=O)C3(c4ccc5c(c4)OCO5)CC3)n2)cc1)S(C)(=O)=O.CNCc1ccc(-c2cccc(NC(=O)C3(c4ccc5c(c4)OCO5)CC3)n2)cc1. The van der Waals surface area contributed by atoms with Gasteiger partial charge >= 0.3 is 0 Å². The number of aromatic nitrogens is 2. The smallest absolute Gasteiger partial charge is 0.236 e. The third kappa shape index (κ3) is 9.00. The van der Waals surface area contributed by atoms with Crippen molar-refractivity contribution in [2.45, 2.75) is 49.6 Å². The van der Waals surface area contributed by atoms with Crippen molar-refractivity contribution in [3.63, 3.8) is 0 Å². The maximum atomic E-state index is 13.2. The Labute approximate surface area is 372 Å². The van der Waals surface area contributed by atoms with Crippen LogP contribution in [0.5, 0.6) is 23.0 Å². The Morgan fingerprint density at radius 1 is 0.609 bits per heavy atom. The molecule has 4 aromatic carbocycles. The fourth-order valence-corrected chi connectivity index (χ4v) is 8.27. The number of hydrogen-bond donors (Lipinski definition) is 3. The monoisotopic (exact) mass is 880 g/mol. The molecule has 10 rings (SSSR count). The van der Waals surface area contributed by atoms with Crippen molar-refractivity contribution >= 4 is 33.5 Å². The summed E-state index contributed by atoms with van der Waals surface area (Å²) in [5.41, 5.74) is 6.30. The number of rotatable bonds is 13. The summed E-state index contributed by atoms with van der Waals surface area (Å²) in [6, 6.07) is 38.4. The number of ether oxygens (including phenoxy) is 4. The van der Waals surface area contributed by atoms with Gasteiger partial charge in [-0.25, -0.2) is 22.7 Å². The van der Waals surface area contributed by atoms with Crippen LogP contribution in [0.4, 0.5) is 11.6 Å². The lowest BCUT2D eigenvalue weighted by Crippen LogP contribution is -2.28. The number of anilines is 2. The van der Waals surface area contributed by atoms with Crippen LogP contribution >= 0.6 is 0 Å². The van der Waals surface area contributed by atoms with E-state index in [2.05, 4.69) is 50.2 Å². The number of sulfonamides is 1. The van der Waals surface area contributed by atoms with Crippen LogP contribution in [-0.4, -0.2) is 68.4 Å². The van der Waals surface area contributed by atoms with Crippen molar-refractivity contribution in [1.29, 1.82) is 0 Å². The highest BCUT2D eigenvalue weighted by Gasteiger charge is 2.53. The number of pyridine rings is 2. The molecule has 2 fully saturated rings. The second-order valence-corrected chi connectivity index (χ2v) is 18.6. The van der Waals surface area contributed by atoms with Gasteiger partial charge in [0, 0.05) is 31.3 Å². The number of fused-ring (bicyclic) bond motifs is 2. The molecule has 328 valence electrons. The van der Waals surface area contributed by atoms with Gasteiger partial charge in [-0.05, 0) is 104 Å². The first kappa shape index (κ1) is 42.5. The average Bonchev–Trinajstić information content (AvgIpc) is 4.20. The zero-order valence-electron chi connectivity index (χ0n) is 35.7. The Kier molecular flexibility index (Phi) is 11.5. The molecule has 4 heterocycles. The largest absolute Gasteiger partial charge is 0.454 e. The van der Waals surface area contributed by atoms with Crippen molar-refractivity contribution in [3.05, 3.63) is 144 Å². The van der Waals surface area contributed by atoms with Gasteiger partial charge in [0.25, 0.3) is 0 Å². The molecule has 0 atom stereocenters. The van der Waals surface area contributed by atoms with Gasteiger partial charge in [-0.3, -0.25) is 9.59 Å². The molecule has 2 aliphatic heterocycles. The quantitative estimate of drug-likeness (QED) is 0.106. The van der Waals surface area contributed by atoms with Crippen LogP contribution in [-0.2, 0) is 43.5 Å². The lowest BCUT2D eigenvalue weighted by molar-refractivity contribution is -0.119. The van der Waals surface area contributed by atoms with Gasteiger partial charge in [0.2, 0.25) is 35.4 Å². The molecule has 2 saturated carbocycles. The van der Waals surface area contributed by atoms with Crippen LogP contribution in [0, 0.1) is 0 Å². The zero-order chi connectivity index (χ0) is 44.5. The van der Waals surface area contributed by atoms with Gasteiger partial charge < -0.3 is 34.9 Å². The van der Waals surface area contributed by atoms with E-state index in [0.29, 0.717) is 41.1 Å². The third-order valence-corrected chi connectivity index (χ3v) is 13.3. The molecule has 0 unspecified atom stereocenters. The second kappa shape index (κ2) is 17.4. The number of carbonyl (C=O) groups is 2. The first-order valence-electron chi connectivity index (χ1n) is 21.0. The molecule has 15 heteroatoms. The number of nitrogens with one attached hydrogen (secondary N) is 3. The minimum atomic E-state index is -3.24. The van der Waals surface area contributed by atoms with Gasteiger partial charge in [0.1, 0.15) is 11.6 Å². The topological polar surface area (TPSA) is 170 Å². The lowest BCUT2D eigenvalue weighted by atomic mass is 9.94. The minimum Gasteiger partial charge on any atom is -0.454 e. The third-order valence-electron chi connectivity index (χ3n) is 12.1. The predicted molar refractivity (Wildman–Crippen MR) is 243 cm³/mol. The van der Waals surface area contributed by atoms with Gasteiger partial charge in [0.15, 0.2) is 23.0 Å². The predicted octanol–water partition coefficient (Wildman–Crippen LogP) is 7.41. The molecule has 6 aromatic rings. The van der Waals surface area contributed by atoms with Crippen LogP contribution < -0.4 is 34.9 Å².